The summed E-state index contributed by atoms with van der Waals surface area (Å²) in [5.41, 5.74) is 0.468. The van der Waals surface area contributed by atoms with Crippen LogP contribution in [-0.2, 0) is 4.74 Å². The number of aromatic nitrogens is 1. The fourth-order valence-electron chi connectivity index (χ4n) is 1.90. The molecule has 1 fully saturated rings. The summed E-state index contributed by atoms with van der Waals surface area (Å²) in [4.78, 5) is 21.6. The Balaban J connectivity index is 2.11. The number of esters is 1. The predicted octanol–water partition coefficient (Wildman–Crippen LogP) is 1.38. The molecular formula is C12H19N3O2S. The second kappa shape index (κ2) is 5.67. The smallest absolute Gasteiger partial charge is 0.358 e. The third-order valence-electron chi connectivity index (χ3n) is 3.03. The van der Waals surface area contributed by atoms with Crippen LogP contribution in [0.2, 0.25) is 0 Å². The average Bonchev–Trinajstić information content (AvgIpc) is 2.72. The minimum atomic E-state index is -0.313. The molecular weight excluding hydrogens is 250 g/mol. The fraction of sp³-hybridized carbons (Fsp3) is 0.667. The van der Waals surface area contributed by atoms with Crippen LogP contribution in [0.5, 0.6) is 0 Å². The van der Waals surface area contributed by atoms with Gasteiger partial charge in [0.1, 0.15) is 0 Å². The van der Waals surface area contributed by atoms with Gasteiger partial charge in [-0.3, -0.25) is 0 Å². The maximum atomic E-state index is 11.7. The molecule has 1 aromatic heterocycles. The van der Waals surface area contributed by atoms with Gasteiger partial charge in [-0.25, -0.2) is 9.78 Å². The van der Waals surface area contributed by atoms with E-state index >= 15 is 0 Å². The monoisotopic (exact) mass is 269 g/mol. The van der Waals surface area contributed by atoms with E-state index in [-0.39, 0.29) is 5.97 Å². The molecule has 1 aliphatic heterocycles. The lowest BCUT2D eigenvalue weighted by atomic mass is 10.3. The number of rotatable bonds is 3. The quantitative estimate of drug-likeness (QED) is 0.776. The lowest BCUT2D eigenvalue weighted by Gasteiger charge is -2.32. The third-order valence-corrected chi connectivity index (χ3v) is 4.06. The largest absolute Gasteiger partial charge is 0.461 e. The van der Waals surface area contributed by atoms with Crippen LogP contribution in [-0.4, -0.2) is 55.7 Å². The Hall–Kier alpha value is -1.14. The van der Waals surface area contributed by atoms with Crippen molar-refractivity contribution in [1.29, 1.82) is 0 Å². The van der Waals surface area contributed by atoms with Crippen molar-refractivity contribution < 1.29 is 9.53 Å². The highest BCUT2D eigenvalue weighted by Crippen LogP contribution is 2.26. The van der Waals surface area contributed by atoms with E-state index in [9.17, 15) is 4.79 Å². The van der Waals surface area contributed by atoms with E-state index in [0.29, 0.717) is 12.3 Å². The van der Waals surface area contributed by atoms with Gasteiger partial charge in [0.05, 0.1) is 6.61 Å². The van der Waals surface area contributed by atoms with Gasteiger partial charge in [-0.05, 0) is 20.9 Å². The number of carbonyl (C=O) groups excluding carboxylic acids is 1. The summed E-state index contributed by atoms with van der Waals surface area (Å²) in [6, 6.07) is 0. The molecule has 0 aromatic carbocycles. The molecule has 18 heavy (non-hydrogen) atoms. The van der Waals surface area contributed by atoms with Crippen LogP contribution >= 0.6 is 11.3 Å². The zero-order valence-electron chi connectivity index (χ0n) is 11.1. The summed E-state index contributed by atoms with van der Waals surface area (Å²) >= 11 is 1.57. The summed E-state index contributed by atoms with van der Waals surface area (Å²) < 4.78 is 5.00. The topological polar surface area (TPSA) is 45.7 Å². The van der Waals surface area contributed by atoms with Crippen LogP contribution in [0.15, 0.2) is 0 Å². The highest BCUT2D eigenvalue weighted by atomic mass is 32.1. The van der Waals surface area contributed by atoms with Crippen molar-refractivity contribution in [3.05, 3.63) is 10.6 Å². The first-order chi connectivity index (χ1) is 8.61. The van der Waals surface area contributed by atoms with E-state index in [4.69, 9.17) is 4.74 Å². The highest BCUT2D eigenvalue weighted by molar-refractivity contribution is 7.15. The van der Waals surface area contributed by atoms with E-state index in [1.165, 1.54) is 0 Å². The number of aryl methyl sites for hydroxylation is 1. The second-order valence-corrected chi connectivity index (χ2v) is 5.59. The van der Waals surface area contributed by atoms with Gasteiger partial charge < -0.3 is 14.5 Å². The van der Waals surface area contributed by atoms with E-state index in [1.54, 1.807) is 18.3 Å². The maximum Gasteiger partial charge on any atom is 0.358 e. The maximum absolute atomic E-state index is 11.7. The van der Waals surface area contributed by atoms with Gasteiger partial charge in [0.2, 0.25) is 0 Å². The molecule has 100 valence electrons. The summed E-state index contributed by atoms with van der Waals surface area (Å²) in [6.45, 7) is 8.11. The number of piperazine rings is 1. The molecule has 0 saturated carbocycles. The van der Waals surface area contributed by atoms with Crippen molar-refractivity contribution in [2.24, 2.45) is 0 Å². The molecule has 0 unspecified atom stereocenters. The van der Waals surface area contributed by atoms with E-state index in [0.717, 1.165) is 36.2 Å². The fourth-order valence-corrected chi connectivity index (χ4v) is 2.85. The van der Waals surface area contributed by atoms with Crippen molar-refractivity contribution in [1.82, 2.24) is 9.88 Å². The number of hydrogen-bond acceptors (Lipinski definition) is 6. The molecule has 2 heterocycles. The Morgan fingerprint density at radius 3 is 2.67 bits per heavy atom. The molecule has 0 N–H and O–H groups in total. The highest BCUT2D eigenvalue weighted by Gasteiger charge is 2.21. The van der Waals surface area contributed by atoms with Crippen LogP contribution in [0.4, 0.5) is 5.13 Å². The van der Waals surface area contributed by atoms with Crippen molar-refractivity contribution in [2.75, 3.05) is 44.7 Å². The molecule has 0 radical (unpaired) electrons. The van der Waals surface area contributed by atoms with Crippen LogP contribution in [0.25, 0.3) is 0 Å². The first-order valence-corrected chi connectivity index (χ1v) is 7.01. The van der Waals surface area contributed by atoms with Crippen LogP contribution in [0.3, 0.4) is 0 Å². The Morgan fingerprint density at radius 2 is 2.06 bits per heavy atom. The summed E-state index contributed by atoms with van der Waals surface area (Å²) in [7, 11) is 2.12. The van der Waals surface area contributed by atoms with Gasteiger partial charge in [-0.1, -0.05) is 0 Å². The van der Waals surface area contributed by atoms with Crippen molar-refractivity contribution in [3.8, 4) is 0 Å². The Labute approximate surface area is 111 Å². The number of ether oxygens (including phenoxy) is 1. The lowest BCUT2D eigenvalue weighted by molar-refractivity contribution is 0.0519. The molecule has 0 bridgehead atoms. The molecule has 6 heteroatoms. The molecule has 1 aliphatic rings. The normalized spacial score (nSPS) is 16.9. The number of nitrogens with zero attached hydrogens (tertiary/aromatic N) is 3. The number of anilines is 1. The van der Waals surface area contributed by atoms with E-state index in [2.05, 4.69) is 21.8 Å². The standard InChI is InChI=1S/C12H19N3O2S/c1-4-17-11(16)10-9(2)18-12(13-10)15-7-5-14(3)6-8-15/h4-8H2,1-3H3. The summed E-state index contributed by atoms with van der Waals surface area (Å²) in [5.74, 6) is -0.313. The Morgan fingerprint density at radius 1 is 1.39 bits per heavy atom. The molecule has 5 nitrogen and oxygen atoms in total. The van der Waals surface area contributed by atoms with E-state index in [1.807, 2.05) is 6.92 Å². The number of carbonyl (C=O) groups is 1. The van der Waals surface area contributed by atoms with Gasteiger partial charge in [-0.15, -0.1) is 11.3 Å². The summed E-state index contributed by atoms with van der Waals surface area (Å²) in [5, 5.41) is 0.934. The van der Waals surface area contributed by atoms with Gasteiger partial charge in [0, 0.05) is 31.1 Å². The minimum Gasteiger partial charge on any atom is -0.461 e. The molecule has 0 aliphatic carbocycles. The van der Waals surface area contributed by atoms with Crippen LogP contribution < -0.4 is 4.90 Å². The number of hydrogen-bond donors (Lipinski definition) is 0. The molecule has 0 atom stereocenters. The first kappa shape index (κ1) is 13.3. The number of likely N-dealkylation sites (N-methyl/N-ethyl adjacent to an activating group) is 1. The molecule has 0 spiro atoms. The van der Waals surface area contributed by atoms with Gasteiger partial charge in [0.25, 0.3) is 0 Å². The minimum absolute atomic E-state index is 0.313. The van der Waals surface area contributed by atoms with E-state index < -0.39 is 0 Å². The predicted molar refractivity (Wildman–Crippen MR) is 72.5 cm³/mol. The molecule has 0 amide bonds. The zero-order chi connectivity index (χ0) is 13.1. The van der Waals surface area contributed by atoms with Crippen LogP contribution in [0.1, 0.15) is 22.3 Å². The number of thiazole rings is 1. The van der Waals surface area contributed by atoms with Crippen molar-refractivity contribution in [3.63, 3.8) is 0 Å². The van der Waals surface area contributed by atoms with Crippen molar-refractivity contribution >= 4 is 22.4 Å². The Kier molecular flexibility index (Phi) is 4.19. The van der Waals surface area contributed by atoms with Crippen LogP contribution in [0, 0.1) is 6.92 Å². The molecule has 1 saturated heterocycles. The van der Waals surface area contributed by atoms with Gasteiger partial charge >= 0.3 is 5.97 Å². The SMILES string of the molecule is CCOC(=O)c1nc(N2CCN(C)CC2)sc1C. The first-order valence-electron chi connectivity index (χ1n) is 6.20. The summed E-state index contributed by atoms with van der Waals surface area (Å²) in [6.07, 6.45) is 0. The lowest BCUT2D eigenvalue weighted by Crippen LogP contribution is -2.44. The third kappa shape index (κ3) is 2.81. The van der Waals surface area contributed by atoms with Gasteiger partial charge in [0.15, 0.2) is 10.8 Å². The zero-order valence-corrected chi connectivity index (χ0v) is 11.9. The molecule has 1 aromatic rings. The Bertz CT molecular complexity index is 425. The van der Waals surface area contributed by atoms with Gasteiger partial charge in [-0.2, -0.15) is 0 Å². The second-order valence-electron chi connectivity index (χ2n) is 4.41. The van der Waals surface area contributed by atoms with Crippen molar-refractivity contribution in [2.45, 2.75) is 13.8 Å². The molecule has 2 rings (SSSR count). The average molecular weight is 269 g/mol.